The number of hydrogen-bond donors (Lipinski definition) is 1. The molecule has 0 unspecified atom stereocenters. The first-order valence-corrected chi connectivity index (χ1v) is 9.62. The summed E-state index contributed by atoms with van der Waals surface area (Å²) in [6, 6.07) is 1.17. The lowest BCUT2D eigenvalue weighted by atomic mass is 10.00. The third kappa shape index (κ3) is 4.51. The lowest BCUT2D eigenvalue weighted by Crippen LogP contribution is -2.52. The first-order chi connectivity index (χ1) is 13.0. The van der Waals surface area contributed by atoms with Crippen LogP contribution in [0.15, 0.2) is 22.5 Å². The molecule has 1 aromatic heterocycles. The van der Waals surface area contributed by atoms with Crippen molar-refractivity contribution in [3.8, 4) is 12.3 Å². The molecular weight excluding hydrogens is 366 g/mol. The van der Waals surface area contributed by atoms with E-state index in [1.807, 2.05) is 0 Å². The van der Waals surface area contributed by atoms with E-state index in [0.29, 0.717) is 49.5 Å². The van der Waals surface area contributed by atoms with Gasteiger partial charge in [0.1, 0.15) is 11.7 Å². The first-order valence-electron chi connectivity index (χ1n) is 9.24. The van der Waals surface area contributed by atoms with E-state index in [1.165, 1.54) is 0 Å². The number of carbonyl (C=O) groups excluding carboxylic acids is 2. The summed E-state index contributed by atoms with van der Waals surface area (Å²) in [7, 11) is 1.77. The number of rotatable bonds is 7. The molecule has 1 atom stereocenters. The molecule has 7 nitrogen and oxygen atoms in total. The fourth-order valence-electron chi connectivity index (χ4n) is 3.50. The molecular formula is C19H24ClN5O2. The van der Waals surface area contributed by atoms with Crippen LogP contribution in [0.5, 0.6) is 0 Å². The number of nitrogens with one attached hydrogen (secondary N) is 1. The fraction of sp³-hybridized carbons (Fsp3) is 0.579. The molecule has 0 saturated carbocycles. The molecule has 0 bridgehead atoms. The van der Waals surface area contributed by atoms with E-state index in [4.69, 9.17) is 18.0 Å². The minimum absolute atomic E-state index is 0.129. The van der Waals surface area contributed by atoms with Crippen LogP contribution in [0, 0.1) is 12.3 Å². The molecule has 1 fully saturated rings. The van der Waals surface area contributed by atoms with Crippen LogP contribution in [-0.2, 0) is 11.8 Å². The number of terminal acetylenes is 1. The van der Waals surface area contributed by atoms with Crippen molar-refractivity contribution in [2.24, 2.45) is 17.3 Å². The molecule has 8 heteroatoms. The quantitative estimate of drug-likeness (QED) is 0.727. The second-order valence-electron chi connectivity index (χ2n) is 7.09. The summed E-state index contributed by atoms with van der Waals surface area (Å²) < 4.78 is 1.69. The molecule has 0 radical (unpaired) electrons. The predicted molar refractivity (Wildman–Crippen MR) is 102 cm³/mol. The van der Waals surface area contributed by atoms with Crippen LogP contribution < -0.4 is 5.32 Å². The van der Waals surface area contributed by atoms with Crippen molar-refractivity contribution in [2.75, 3.05) is 13.1 Å². The maximum absolute atomic E-state index is 12.9. The van der Waals surface area contributed by atoms with Gasteiger partial charge in [-0.15, -0.1) is 12.3 Å². The van der Waals surface area contributed by atoms with Gasteiger partial charge in [-0.25, -0.2) is 0 Å². The summed E-state index contributed by atoms with van der Waals surface area (Å²) in [5, 5.41) is 11.6. The highest BCUT2D eigenvalue weighted by Crippen LogP contribution is 2.36. The predicted octanol–water partition coefficient (Wildman–Crippen LogP) is 2.76. The third-order valence-corrected chi connectivity index (χ3v) is 5.34. The highest BCUT2D eigenvalue weighted by molar-refractivity contribution is 6.31. The van der Waals surface area contributed by atoms with Gasteiger partial charge in [0.2, 0.25) is 5.91 Å². The lowest BCUT2D eigenvalue weighted by Gasteiger charge is -2.34. The van der Waals surface area contributed by atoms with E-state index in [1.54, 1.807) is 28.8 Å². The zero-order valence-electron chi connectivity index (χ0n) is 15.4. The Morgan fingerprint density at radius 1 is 1.41 bits per heavy atom. The van der Waals surface area contributed by atoms with E-state index in [-0.39, 0.29) is 11.8 Å². The molecule has 2 aliphatic rings. The van der Waals surface area contributed by atoms with Gasteiger partial charge in [0.25, 0.3) is 5.91 Å². The summed E-state index contributed by atoms with van der Waals surface area (Å²) in [6.07, 6.45) is 11.4. The van der Waals surface area contributed by atoms with Gasteiger partial charge >= 0.3 is 0 Å². The minimum atomic E-state index is -0.463. The molecule has 1 aromatic rings. The number of likely N-dealkylation sites (tertiary alicyclic amines) is 1. The third-order valence-electron chi connectivity index (χ3n) is 5.13. The Hall–Kier alpha value is -2.33. The maximum Gasteiger partial charge on any atom is 0.271 e. The molecule has 3 heterocycles. The van der Waals surface area contributed by atoms with Crippen molar-refractivity contribution in [1.82, 2.24) is 14.8 Å². The van der Waals surface area contributed by atoms with Crippen LogP contribution in [0.4, 0.5) is 0 Å². The molecule has 0 aliphatic carbocycles. The topological polar surface area (TPSA) is 79.1 Å². The number of aromatic nitrogens is 1. The van der Waals surface area contributed by atoms with Crippen molar-refractivity contribution in [2.45, 2.75) is 50.2 Å². The number of carbonyl (C=O) groups is 2. The monoisotopic (exact) mass is 389 g/mol. The Labute approximate surface area is 164 Å². The van der Waals surface area contributed by atoms with Gasteiger partial charge in [0, 0.05) is 45.6 Å². The minimum Gasteiger partial charge on any atom is -0.354 e. The fourth-order valence-corrected chi connectivity index (χ4v) is 3.75. The van der Waals surface area contributed by atoms with Crippen LogP contribution in [0.2, 0.25) is 5.02 Å². The van der Waals surface area contributed by atoms with Crippen molar-refractivity contribution in [1.29, 1.82) is 0 Å². The summed E-state index contributed by atoms with van der Waals surface area (Å²) in [4.78, 5) is 27.3. The standard InChI is InChI=1S/C19H24ClN5O2/c1-3-4-8-19(22-23-19)9-10-21-17(26)15-7-5-6-11-25(15)18(27)16-12-14(20)13-24(16)2/h1,12-13,15H,4-11H2,2H3,(H,21,26)/t15-/m1/s1. The zero-order chi connectivity index (χ0) is 19.4. The number of aryl methyl sites for hydroxylation is 1. The molecule has 27 heavy (non-hydrogen) atoms. The highest BCUT2D eigenvalue weighted by atomic mass is 35.5. The van der Waals surface area contributed by atoms with Gasteiger partial charge in [-0.3, -0.25) is 9.59 Å². The van der Waals surface area contributed by atoms with E-state index < -0.39 is 11.7 Å². The summed E-state index contributed by atoms with van der Waals surface area (Å²) in [5.41, 5.74) is 0.0742. The Morgan fingerprint density at radius 2 is 2.19 bits per heavy atom. The lowest BCUT2D eigenvalue weighted by molar-refractivity contribution is -0.126. The second-order valence-corrected chi connectivity index (χ2v) is 7.53. The molecule has 0 aromatic carbocycles. The first kappa shape index (κ1) is 19.4. The Morgan fingerprint density at radius 3 is 2.81 bits per heavy atom. The van der Waals surface area contributed by atoms with Gasteiger partial charge in [0.05, 0.1) is 5.02 Å². The number of halogens is 1. The second kappa shape index (κ2) is 8.13. The van der Waals surface area contributed by atoms with E-state index >= 15 is 0 Å². The molecule has 1 N–H and O–H groups in total. The van der Waals surface area contributed by atoms with Crippen molar-refractivity contribution in [3.63, 3.8) is 0 Å². The number of nitrogens with zero attached hydrogens (tertiary/aromatic N) is 4. The molecule has 2 amide bonds. The van der Waals surface area contributed by atoms with Crippen LogP contribution in [0.25, 0.3) is 0 Å². The van der Waals surface area contributed by atoms with Crippen LogP contribution in [-0.4, -0.2) is 46.1 Å². The highest BCUT2D eigenvalue weighted by Gasteiger charge is 2.39. The molecule has 0 spiro atoms. The molecule has 3 rings (SSSR count). The number of piperidine rings is 1. The van der Waals surface area contributed by atoms with E-state index in [0.717, 1.165) is 12.8 Å². The number of amides is 2. The zero-order valence-corrected chi connectivity index (χ0v) is 16.2. The van der Waals surface area contributed by atoms with E-state index in [9.17, 15) is 9.59 Å². The van der Waals surface area contributed by atoms with Crippen molar-refractivity contribution in [3.05, 3.63) is 23.0 Å². The molecule has 1 saturated heterocycles. The summed E-state index contributed by atoms with van der Waals surface area (Å²) in [5.74, 6) is 2.30. The van der Waals surface area contributed by atoms with Crippen LogP contribution >= 0.6 is 11.6 Å². The Bertz CT molecular complexity index is 789. The Kier molecular flexibility index (Phi) is 5.85. The van der Waals surface area contributed by atoms with Gasteiger partial charge in [-0.05, 0) is 25.3 Å². The van der Waals surface area contributed by atoms with Crippen molar-refractivity contribution >= 4 is 23.4 Å². The van der Waals surface area contributed by atoms with Crippen molar-refractivity contribution < 1.29 is 9.59 Å². The normalized spacial score (nSPS) is 20.2. The van der Waals surface area contributed by atoms with Gasteiger partial charge in [0.15, 0.2) is 5.66 Å². The van der Waals surface area contributed by atoms with Gasteiger partial charge < -0.3 is 14.8 Å². The SMILES string of the molecule is C#CCCC1(CCNC(=O)[C@H]2CCCCN2C(=O)c2cc(Cl)cn2C)N=N1. The molecule has 2 aliphatic heterocycles. The summed E-state index contributed by atoms with van der Waals surface area (Å²) >= 11 is 6.00. The van der Waals surface area contributed by atoms with E-state index in [2.05, 4.69) is 21.5 Å². The summed E-state index contributed by atoms with van der Waals surface area (Å²) in [6.45, 7) is 1.03. The maximum atomic E-state index is 12.9. The smallest absolute Gasteiger partial charge is 0.271 e. The average Bonchev–Trinajstić information content (AvgIpc) is 3.35. The largest absolute Gasteiger partial charge is 0.354 e. The van der Waals surface area contributed by atoms with Gasteiger partial charge in [-0.2, -0.15) is 10.2 Å². The Balaban J connectivity index is 1.58. The number of hydrogen-bond acceptors (Lipinski definition) is 4. The van der Waals surface area contributed by atoms with Crippen LogP contribution in [0.3, 0.4) is 0 Å². The van der Waals surface area contributed by atoms with Crippen LogP contribution in [0.1, 0.15) is 49.0 Å². The molecule has 144 valence electrons. The average molecular weight is 390 g/mol. The van der Waals surface area contributed by atoms with Gasteiger partial charge in [-0.1, -0.05) is 11.6 Å².